The highest BCUT2D eigenvalue weighted by Crippen LogP contribution is 2.38. The third-order valence-corrected chi connectivity index (χ3v) is 14.8. The molecule has 2 N–H and O–H groups in total. The highest BCUT2D eigenvalue weighted by molar-refractivity contribution is 7.85. The quantitative estimate of drug-likeness (QED) is 0.0543. The predicted molar refractivity (Wildman–Crippen MR) is 201 cm³/mol. The number of fused-ring (bicyclic) bond motifs is 1. The van der Waals surface area contributed by atoms with E-state index in [4.69, 9.17) is 30.3 Å². The standard InChI is InChI=1S/C38H46ClN3O6SSi/c1-38(2,3)50(4,5)48-30-17-13-16-29(25-30)34-26-42-36(32(40-34)23-27-14-9-8-10-15-27)41-33(37(42)43)24-28-18-19-35(31(39)22-28)47-20-11-6-7-12-21-49(44,45)46/h8-10,13-19,22,25-26,33H,6-7,11-12,20-21,23-24H2,1-5H3,(H,44,45,46)/p+1. The normalized spacial score (nSPS) is 14.7. The van der Waals surface area contributed by atoms with E-state index >= 15 is 0 Å². The lowest BCUT2D eigenvalue weighted by atomic mass is 10.1. The minimum Gasteiger partial charge on any atom is -0.543 e. The molecule has 9 nitrogen and oxygen atoms in total. The minimum atomic E-state index is -3.92. The van der Waals surface area contributed by atoms with E-state index in [-0.39, 0.29) is 16.7 Å². The topological polar surface area (TPSA) is 119 Å². The minimum absolute atomic E-state index is 0.0514. The van der Waals surface area contributed by atoms with E-state index < -0.39 is 24.5 Å². The van der Waals surface area contributed by atoms with E-state index in [9.17, 15) is 13.2 Å². The van der Waals surface area contributed by atoms with Gasteiger partial charge in [0.15, 0.2) is 6.04 Å². The van der Waals surface area contributed by atoms with Gasteiger partial charge in [-0.2, -0.15) is 13.0 Å². The van der Waals surface area contributed by atoms with Crippen molar-refractivity contribution in [3.8, 4) is 22.8 Å². The van der Waals surface area contributed by atoms with Crippen molar-refractivity contribution in [3.05, 3.63) is 101 Å². The maximum Gasteiger partial charge on any atom is 0.359 e. The number of nitrogens with one attached hydrogen (secondary N) is 1. The zero-order valence-electron chi connectivity index (χ0n) is 29.4. The molecular weight excluding hydrogens is 690 g/mol. The summed E-state index contributed by atoms with van der Waals surface area (Å²) in [6.45, 7) is 11.5. The number of hydrogen-bond donors (Lipinski definition) is 2. The average Bonchev–Trinajstić information content (AvgIpc) is 3.35. The van der Waals surface area contributed by atoms with Gasteiger partial charge in [-0.15, -0.1) is 0 Å². The number of unbranched alkanes of at least 4 members (excludes halogenated alkanes) is 3. The Morgan fingerprint density at radius 2 is 1.70 bits per heavy atom. The lowest BCUT2D eigenvalue weighted by Crippen LogP contribution is -2.44. The number of benzene rings is 3. The van der Waals surface area contributed by atoms with E-state index in [1.165, 1.54) is 0 Å². The van der Waals surface area contributed by atoms with Crippen LogP contribution in [0.5, 0.6) is 11.5 Å². The van der Waals surface area contributed by atoms with Gasteiger partial charge < -0.3 is 9.16 Å². The lowest BCUT2D eigenvalue weighted by Gasteiger charge is -2.36. The number of hydrogen-bond acceptors (Lipinski definition) is 7. The van der Waals surface area contributed by atoms with Crippen LogP contribution in [0, 0.1) is 0 Å². The second kappa shape index (κ2) is 15.6. The summed E-state index contributed by atoms with van der Waals surface area (Å²) in [6, 6.07) is 23.1. The fraction of sp³-hybridized carbons (Fsp3) is 0.395. The Kier molecular flexibility index (Phi) is 11.7. The van der Waals surface area contributed by atoms with E-state index in [0.717, 1.165) is 41.0 Å². The largest absolute Gasteiger partial charge is 0.543 e. The van der Waals surface area contributed by atoms with Gasteiger partial charge in [0, 0.05) is 18.4 Å². The molecule has 1 atom stereocenters. The van der Waals surface area contributed by atoms with Crippen molar-refractivity contribution in [1.29, 1.82) is 0 Å². The molecule has 0 aliphatic carbocycles. The summed E-state index contributed by atoms with van der Waals surface area (Å²) >= 11 is 6.59. The Balaban J connectivity index is 1.32. The Morgan fingerprint density at radius 1 is 0.960 bits per heavy atom. The van der Waals surface area contributed by atoms with Crippen LogP contribution in [-0.4, -0.2) is 50.6 Å². The molecule has 0 radical (unpaired) electrons. The Labute approximate surface area is 301 Å². The van der Waals surface area contributed by atoms with E-state index in [1.54, 1.807) is 4.57 Å². The summed E-state index contributed by atoms with van der Waals surface area (Å²) in [4.78, 5) is 19.1. The van der Waals surface area contributed by atoms with Gasteiger partial charge in [-0.25, -0.2) is 9.78 Å². The first-order chi connectivity index (χ1) is 23.6. The summed E-state index contributed by atoms with van der Waals surface area (Å²) in [5.74, 6) is 1.74. The average molecular weight is 737 g/mol. The predicted octanol–water partition coefficient (Wildman–Crippen LogP) is 8.17. The van der Waals surface area contributed by atoms with E-state index in [0.29, 0.717) is 54.6 Å². The van der Waals surface area contributed by atoms with Crippen molar-refractivity contribution in [2.45, 2.75) is 83.5 Å². The fourth-order valence-corrected chi connectivity index (χ4v) is 7.43. The second-order valence-corrected chi connectivity index (χ2v) is 21.1. The zero-order chi connectivity index (χ0) is 36.1. The third-order valence-electron chi connectivity index (χ3n) is 9.38. The highest BCUT2D eigenvalue weighted by Gasteiger charge is 2.42. The van der Waals surface area contributed by atoms with Crippen LogP contribution in [0.15, 0.2) is 79.0 Å². The fourth-order valence-electron chi connectivity index (χ4n) is 5.58. The van der Waals surface area contributed by atoms with Crippen LogP contribution in [0.3, 0.4) is 0 Å². The zero-order valence-corrected chi connectivity index (χ0v) is 32.0. The summed E-state index contributed by atoms with van der Waals surface area (Å²) in [5, 5.41) is 3.97. The monoisotopic (exact) mass is 736 g/mol. The summed E-state index contributed by atoms with van der Waals surface area (Å²) in [6.07, 6.45) is 5.39. The third kappa shape index (κ3) is 9.72. The molecule has 12 heteroatoms. The molecule has 266 valence electrons. The van der Waals surface area contributed by atoms with Crippen LogP contribution in [0.1, 0.15) is 68.1 Å². The molecule has 0 saturated heterocycles. The molecule has 5 rings (SSSR count). The molecule has 3 aromatic carbocycles. The van der Waals surface area contributed by atoms with Crippen LogP contribution in [-0.2, 0) is 23.0 Å². The van der Waals surface area contributed by atoms with Crippen molar-refractivity contribution in [1.82, 2.24) is 4.98 Å². The van der Waals surface area contributed by atoms with Crippen molar-refractivity contribution >= 4 is 41.8 Å². The Morgan fingerprint density at radius 3 is 2.40 bits per heavy atom. The van der Waals surface area contributed by atoms with Gasteiger partial charge >= 0.3 is 11.7 Å². The molecule has 1 aliphatic rings. The lowest BCUT2D eigenvalue weighted by molar-refractivity contribution is -0.552. The number of rotatable bonds is 15. The number of aromatic nitrogens is 2. The van der Waals surface area contributed by atoms with Crippen molar-refractivity contribution in [3.63, 3.8) is 0 Å². The molecule has 0 bridgehead atoms. The molecule has 0 spiro atoms. The molecule has 0 fully saturated rings. The smallest absolute Gasteiger partial charge is 0.359 e. The first-order valence-corrected chi connectivity index (χ1v) is 22.0. The van der Waals surface area contributed by atoms with Gasteiger partial charge in [0.05, 0.1) is 17.4 Å². The summed E-state index contributed by atoms with van der Waals surface area (Å²) in [7, 11) is -5.98. The molecule has 4 aromatic rings. The molecule has 1 aromatic heterocycles. The number of nitrogens with zero attached hydrogens (tertiary/aromatic N) is 2. The van der Waals surface area contributed by atoms with Gasteiger partial charge in [0.1, 0.15) is 29.1 Å². The summed E-state index contributed by atoms with van der Waals surface area (Å²) in [5.41, 5.74) is 4.33. The molecule has 1 aliphatic heterocycles. The van der Waals surface area contributed by atoms with Crippen molar-refractivity contribution in [2.75, 3.05) is 17.7 Å². The first-order valence-electron chi connectivity index (χ1n) is 17.1. The SMILES string of the molecule is CC(C)(C)[Si](C)(C)Oc1cccc(-c2c[n+]3c(c(Cc4ccccc4)n2)NC(Cc2ccc(OCCCCCCS(=O)(=O)O)c(Cl)c2)C3=O)c1. The van der Waals surface area contributed by atoms with Crippen molar-refractivity contribution in [2.24, 2.45) is 0 Å². The maximum absolute atomic E-state index is 14.0. The Bertz CT molecular complexity index is 1930. The highest BCUT2D eigenvalue weighted by atomic mass is 35.5. The van der Waals surface area contributed by atoms with Gasteiger partial charge in [-0.1, -0.05) is 93.7 Å². The van der Waals surface area contributed by atoms with Gasteiger partial charge in [0.25, 0.3) is 10.1 Å². The molecular formula is C38H47ClN3O6SSi+. The molecule has 0 amide bonds. The van der Waals surface area contributed by atoms with E-state index in [1.807, 2.05) is 66.9 Å². The number of ether oxygens (including phenoxy) is 1. The van der Waals surface area contributed by atoms with Crippen LogP contribution < -0.4 is 19.0 Å². The summed E-state index contributed by atoms with van der Waals surface area (Å²) < 4.78 is 44.7. The second-order valence-electron chi connectivity index (χ2n) is 14.4. The van der Waals surface area contributed by atoms with Gasteiger partial charge in [-0.3, -0.25) is 9.87 Å². The Hall–Kier alpha value is -3.77. The van der Waals surface area contributed by atoms with Crippen LogP contribution >= 0.6 is 11.6 Å². The van der Waals surface area contributed by atoms with Gasteiger partial charge in [0.2, 0.25) is 8.32 Å². The van der Waals surface area contributed by atoms with Crippen LogP contribution in [0.25, 0.3) is 11.3 Å². The molecule has 0 saturated carbocycles. The molecule has 1 unspecified atom stereocenters. The molecule has 2 heterocycles. The first kappa shape index (κ1) is 37.5. The van der Waals surface area contributed by atoms with Crippen LogP contribution in [0.4, 0.5) is 5.82 Å². The van der Waals surface area contributed by atoms with Gasteiger partial charge in [-0.05, 0) is 66.4 Å². The van der Waals surface area contributed by atoms with Crippen LogP contribution in [0.2, 0.25) is 23.2 Å². The molecule has 50 heavy (non-hydrogen) atoms. The number of carbonyl (C=O) groups is 1. The number of halogens is 1. The van der Waals surface area contributed by atoms with Crippen molar-refractivity contribution < 1.29 is 31.5 Å². The number of anilines is 1. The van der Waals surface area contributed by atoms with E-state index in [2.05, 4.69) is 51.3 Å². The number of carbonyl (C=O) groups excluding carboxylic acids is 1. The maximum atomic E-state index is 14.0.